The Morgan fingerprint density at radius 3 is 1.09 bits per heavy atom. The van der Waals surface area contributed by atoms with Gasteiger partial charge in [-0.2, -0.15) is 0 Å². The Labute approximate surface area is 387 Å². The van der Waals surface area contributed by atoms with E-state index in [0.717, 1.165) is 17.1 Å². The summed E-state index contributed by atoms with van der Waals surface area (Å²) in [5.41, 5.74) is 26.0. The molecule has 0 radical (unpaired) electrons. The maximum Gasteiger partial charge on any atom is 0.0725 e. The van der Waals surface area contributed by atoms with Crippen LogP contribution in [0.1, 0.15) is 69.5 Å². The molecule has 0 heterocycles. The summed E-state index contributed by atoms with van der Waals surface area (Å²) in [6, 6.07) is 89.4. The van der Waals surface area contributed by atoms with Crippen molar-refractivity contribution in [2.24, 2.45) is 0 Å². The number of benzene rings is 10. The van der Waals surface area contributed by atoms with E-state index in [1.165, 1.54) is 100 Å². The van der Waals surface area contributed by atoms with Crippen LogP contribution in [-0.2, 0) is 16.2 Å². The van der Waals surface area contributed by atoms with Gasteiger partial charge >= 0.3 is 0 Å². The van der Waals surface area contributed by atoms with Crippen molar-refractivity contribution in [3.05, 3.63) is 292 Å². The Kier molecular flexibility index (Phi) is 7.66. The van der Waals surface area contributed by atoms with E-state index in [4.69, 9.17) is 0 Å². The number of anilines is 3. The molecular weight excluding hydrogens is 795 g/mol. The van der Waals surface area contributed by atoms with Gasteiger partial charge in [-0.1, -0.05) is 214 Å². The number of hydrogen-bond acceptors (Lipinski definition) is 1. The minimum Gasteiger partial charge on any atom is -0.310 e. The monoisotopic (exact) mass is 839 g/mol. The lowest BCUT2D eigenvalue weighted by Crippen LogP contribution is -2.28. The van der Waals surface area contributed by atoms with Gasteiger partial charge in [0.1, 0.15) is 0 Å². The number of nitrogens with zero attached hydrogens (tertiary/aromatic N) is 1. The summed E-state index contributed by atoms with van der Waals surface area (Å²) in [4.78, 5) is 2.54. The van der Waals surface area contributed by atoms with Crippen LogP contribution in [0.2, 0.25) is 0 Å². The minimum atomic E-state index is -0.524. The van der Waals surface area contributed by atoms with Crippen LogP contribution in [0, 0.1) is 0 Å². The summed E-state index contributed by atoms with van der Waals surface area (Å²) >= 11 is 0. The second-order valence-corrected chi connectivity index (χ2v) is 19.1. The fraction of sp³-hybridized carbons (Fsp3) is 0.0769. The molecule has 1 heteroatoms. The van der Waals surface area contributed by atoms with Crippen LogP contribution in [0.5, 0.6) is 0 Å². The standard InChI is InChI=1S/C65H45N/c1-63(2)55-28-14-9-23-47(55)52-36-33-45(40-61(52)63)66(46-34-37-53-50-26-10-15-29-56(50)64(62(53)41-46,42-19-5-3-6-20-42)43-21-7-4-8-22-43)44-35-38-60-54(39-44)51-27-13-18-32-59(51)65(60)57-30-16-11-24-48(57)49-25-12-17-31-58(49)65/h3-41H,1-2H3. The first kappa shape index (κ1) is 37.4. The van der Waals surface area contributed by atoms with E-state index >= 15 is 0 Å². The van der Waals surface area contributed by atoms with Gasteiger partial charge in [0.15, 0.2) is 0 Å². The van der Waals surface area contributed by atoms with E-state index in [9.17, 15) is 0 Å². The molecule has 1 spiro atoms. The van der Waals surface area contributed by atoms with Crippen LogP contribution >= 0.6 is 0 Å². The van der Waals surface area contributed by atoms with Crippen LogP contribution in [-0.4, -0.2) is 0 Å². The average Bonchev–Trinajstić information content (AvgIpc) is 4.03. The van der Waals surface area contributed by atoms with Crippen molar-refractivity contribution < 1.29 is 0 Å². The second kappa shape index (κ2) is 13.5. The fourth-order valence-electron chi connectivity index (χ4n) is 13.1. The van der Waals surface area contributed by atoms with E-state index in [2.05, 4.69) is 255 Å². The number of fused-ring (bicyclic) bond motifs is 16. The predicted octanol–water partition coefficient (Wildman–Crippen LogP) is 16.2. The normalized spacial score (nSPS) is 15.2. The van der Waals surface area contributed by atoms with Crippen LogP contribution in [0.3, 0.4) is 0 Å². The molecule has 1 nitrogen and oxygen atoms in total. The highest BCUT2D eigenvalue weighted by atomic mass is 15.1. The van der Waals surface area contributed by atoms with Gasteiger partial charge in [-0.15, -0.1) is 0 Å². The Hall–Kier alpha value is -8.00. The Balaban J connectivity index is 1.04. The van der Waals surface area contributed by atoms with Crippen molar-refractivity contribution >= 4 is 17.1 Å². The first-order valence-electron chi connectivity index (χ1n) is 23.3. The van der Waals surface area contributed by atoms with Crippen molar-refractivity contribution in [1.29, 1.82) is 0 Å². The number of rotatable bonds is 5. The number of hydrogen-bond donors (Lipinski definition) is 0. The lowest BCUT2D eigenvalue weighted by molar-refractivity contribution is 0.660. The summed E-state index contributed by atoms with van der Waals surface area (Å²) in [5, 5.41) is 0. The molecule has 66 heavy (non-hydrogen) atoms. The van der Waals surface area contributed by atoms with Crippen molar-refractivity contribution in [1.82, 2.24) is 0 Å². The third-order valence-electron chi connectivity index (χ3n) is 15.8. The molecule has 0 aromatic heterocycles. The van der Waals surface area contributed by atoms with Crippen molar-refractivity contribution in [3.63, 3.8) is 0 Å². The van der Waals surface area contributed by atoms with Crippen molar-refractivity contribution in [2.45, 2.75) is 30.1 Å². The smallest absolute Gasteiger partial charge is 0.0725 e. The minimum absolute atomic E-state index is 0.157. The topological polar surface area (TPSA) is 3.24 Å². The van der Waals surface area contributed by atoms with Crippen molar-refractivity contribution in [3.8, 4) is 44.5 Å². The summed E-state index contributed by atoms with van der Waals surface area (Å²) in [5.74, 6) is 0. The van der Waals surface area contributed by atoms with Crippen LogP contribution in [0.25, 0.3) is 44.5 Å². The molecule has 4 aliphatic rings. The molecule has 0 bridgehead atoms. The van der Waals surface area contributed by atoms with Gasteiger partial charge in [0, 0.05) is 22.5 Å². The van der Waals surface area contributed by atoms with Gasteiger partial charge in [0.2, 0.25) is 0 Å². The summed E-state index contributed by atoms with van der Waals surface area (Å²) < 4.78 is 0. The van der Waals surface area contributed by atoms with Crippen LogP contribution in [0.4, 0.5) is 17.1 Å². The molecule has 0 saturated heterocycles. The second-order valence-electron chi connectivity index (χ2n) is 19.1. The Bertz CT molecular complexity index is 3550. The quantitative estimate of drug-likeness (QED) is 0.167. The molecule has 0 amide bonds. The largest absolute Gasteiger partial charge is 0.310 e. The van der Waals surface area contributed by atoms with Crippen molar-refractivity contribution in [2.75, 3.05) is 4.90 Å². The molecule has 10 aromatic rings. The third kappa shape index (κ3) is 4.69. The zero-order valence-electron chi connectivity index (χ0n) is 37.0. The molecule has 14 rings (SSSR count). The zero-order valence-corrected chi connectivity index (χ0v) is 37.0. The van der Waals surface area contributed by atoms with E-state index in [-0.39, 0.29) is 5.41 Å². The van der Waals surface area contributed by atoms with Gasteiger partial charge in [0.25, 0.3) is 0 Å². The molecule has 0 saturated carbocycles. The average molecular weight is 840 g/mol. The Morgan fingerprint density at radius 2 is 0.576 bits per heavy atom. The van der Waals surface area contributed by atoms with Gasteiger partial charge in [-0.25, -0.2) is 0 Å². The molecule has 0 fully saturated rings. The molecule has 4 aliphatic carbocycles. The lowest BCUT2D eigenvalue weighted by Gasteiger charge is -2.35. The molecule has 0 unspecified atom stereocenters. The SMILES string of the molecule is CC1(C)c2ccccc2-c2ccc(N(c3ccc4c(c3)-c3ccccc3C43c4ccccc4-c4ccccc43)c3ccc4c(c3)C(c3ccccc3)(c3ccccc3)c3ccccc3-4)cc21. The van der Waals surface area contributed by atoms with Gasteiger partial charge in [0.05, 0.1) is 10.8 Å². The molecule has 10 aromatic carbocycles. The Morgan fingerprint density at radius 1 is 0.242 bits per heavy atom. The third-order valence-corrected chi connectivity index (χ3v) is 15.8. The van der Waals surface area contributed by atoms with E-state index < -0.39 is 10.8 Å². The van der Waals surface area contributed by atoms with E-state index in [1.54, 1.807) is 0 Å². The van der Waals surface area contributed by atoms with Gasteiger partial charge < -0.3 is 4.90 Å². The molecule has 0 aliphatic heterocycles. The maximum absolute atomic E-state index is 2.54. The van der Waals surface area contributed by atoms with Gasteiger partial charge in [-0.05, 0) is 137 Å². The first-order chi connectivity index (χ1) is 32.5. The van der Waals surface area contributed by atoms with Crippen LogP contribution < -0.4 is 4.90 Å². The highest BCUT2D eigenvalue weighted by molar-refractivity contribution is 5.97. The summed E-state index contributed by atoms with van der Waals surface area (Å²) in [7, 11) is 0. The zero-order chi connectivity index (χ0) is 43.8. The molecule has 310 valence electrons. The molecule has 0 N–H and O–H groups in total. The van der Waals surface area contributed by atoms with Gasteiger partial charge in [-0.3, -0.25) is 0 Å². The molecular formula is C65H45N. The molecule has 0 atom stereocenters. The van der Waals surface area contributed by atoms with E-state index in [0.29, 0.717) is 0 Å². The summed E-state index contributed by atoms with van der Waals surface area (Å²) in [6.07, 6.45) is 0. The summed E-state index contributed by atoms with van der Waals surface area (Å²) in [6.45, 7) is 4.77. The first-order valence-corrected chi connectivity index (χ1v) is 23.3. The predicted molar refractivity (Wildman–Crippen MR) is 272 cm³/mol. The lowest BCUT2D eigenvalue weighted by atomic mass is 9.67. The van der Waals surface area contributed by atoms with Crippen LogP contribution in [0.15, 0.2) is 237 Å². The maximum atomic E-state index is 2.54. The highest BCUT2D eigenvalue weighted by Crippen LogP contribution is 2.64. The highest BCUT2D eigenvalue weighted by Gasteiger charge is 2.52. The van der Waals surface area contributed by atoms with E-state index in [1.807, 2.05) is 0 Å². The fourth-order valence-corrected chi connectivity index (χ4v) is 13.1.